The molecule has 0 atom stereocenters. The molecule has 0 saturated carbocycles. The van der Waals surface area contributed by atoms with Gasteiger partial charge in [-0.25, -0.2) is 0 Å². The Balaban J connectivity index is 2.22. The zero-order valence-electron chi connectivity index (χ0n) is 11.1. The molecular weight excluding hydrogens is 306 g/mol. The average molecular weight is 322 g/mol. The number of carbonyl (C=O) groups excluding carboxylic acids is 1. The summed E-state index contributed by atoms with van der Waals surface area (Å²) < 4.78 is 2.83. The van der Waals surface area contributed by atoms with Crippen molar-refractivity contribution >= 4 is 27.5 Å². The lowest BCUT2D eigenvalue weighted by molar-refractivity contribution is 0.101. The van der Waals surface area contributed by atoms with Gasteiger partial charge in [-0.3, -0.25) is 9.78 Å². The van der Waals surface area contributed by atoms with Crippen LogP contribution < -0.4 is 5.32 Å². The van der Waals surface area contributed by atoms with Gasteiger partial charge in [0.2, 0.25) is 0 Å². The SMILES string of the molecule is Cc1ccc(NC(=O)c2cc(Br)cn2C(C)C)cn1. The Bertz CT molecular complexity index is 587. The summed E-state index contributed by atoms with van der Waals surface area (Å²) in [6.07, 6.45) is 3.57. The monoisotopic (exact) mass is 321 g/mol. The van der Waals surface area contributed by atoms with E-state index in [1.807, 2.05) is 49.7 Å². The second kappa shape index (κ2) is 5.57. The number of halogens is 1. The van der Waals surface area contributed by atoms with Crippen LogP contribution in [0.3, 0.4) is 0 Å². The van der Waals surface area contributed by atoms with Gasteiger partial charge in [-0.05, 0) is 54.9 Å². The molecule has 0 spiro atoms. The first kappa shape index (κ1) is 13.8. The molecule has 4 nitrogen and oxygen atoms in total. The van der Waals surface area contributed by atoms with E-state index in [2.05, 4.69) is 26.2 Å². The van der Waals surface area contributed by atoms with E-state index in [4.69, 9.17) is 0 Å². The summed E-state index contributed by atoms with van der Waals surface area (Å²) in [5.41, 5.74) is 2.25. The number of pyridine rings is 1. The summed E-state index contributed by atoms with van der Waals surface area (Å²) in [5, 5.41) is 2.85. The van der Waals surface area contributed by atoms with Gasteiger partial charge in [0.1, 0.15) is 5.69 Å². The zero-order valence-corrected chi connectivity index (χ0v) is 12.7. The van der Waals surface area contributed by atoms with Crippen LogP contribution in [-0.2, 0) is 0 Å². The summed E-state index contributed by atoms with van der Waals surface area (Å²) in [7, 11) is 0. The van der Waals surface area contributed by atoms with E-state index in [0.717, 1.165) is 10.2 Å². The van der Waals surface area contributed by atoms with Crippen molar-refractivity contribution in [1.82, 2.24) is 9.55 Å². The Morgan fingerprint density at radius 3 is 2.74 bits per heavy atom. The van der Waals surface area contributed by atoms with Gasteiger partial charge in [-0.15, -0.1) is 0 Å². The molecular formula is C14H16BrN3O. The standard InChI is InChI=1S/C14H16BrN3O/c1-9(2)18-8-11(15)6-13(18)14(19)17-12-5-4-10(3)16-7-12/h4-9H,1-3H3,(H,17,19). The summed E-state index contributed by atoms with van der Waals surface area (Å²) in [5.74, 6) is -0.134. The molecule has 100 valence electrons. The van der Waals surface area contributed by atoms with Crippen molar-refractivity contribution in [2.24, 2.45) is 0 Å². The fourth-order valence-corrected chi connectivity index (χ4v) is 2.23. The Labute approximate surface area is 121 Å². The van der Waals surface area contributed by atoms with Crippen molar-refractivity contribution in [3.63, 3.8) is 0 Å². The molecule has 1 N–H and O–H groups in total. The topological polar surface area (TPSA) is 46.9 Å². The van der Waals surface area contributed by atoms with Crippen LogP contribution >= 0.6 is 15.9 Å². The number of hydrogen-bond donors (Lipinski definition) is 1. The third kappa shape index (κ3) is 3.23. The van der Waals surface area contributed by atoms with Crippen molar-refractivity contribution < 1.29 is 4.79 Å². The Hall–Kier alpha value is -1.62. The number of nitrogens with zero attached hydrogens (tertiary/aromatic N) is 2. The first-order chi connectivity index (χ1) is 8.97. The van der Waals surface area contributed by atoms with E-state index in [0.29, 0.717) is 11.4 Å². The number of aromatic nitrogens is 2. The van der Waals surface area contributed by atoms with Gasteiger partial charge < -0.3 is 9.88 Å². The number of aryl methyl sites for hydroxylation is 1. The highest BCUT2D eigenvalue weighted by molar-refractivity contribution is 9.10. The van der Waals surface area contributed by atoms with Crippen LogP contribution in [0.1, 0.15) is 36.1 Å². The van der Waals surface area contributed by atoms with E-state index >= 15 is 0 Å². The predicted octanol–water partition coefficient (Wildman–Crippen LogP) is 3.79. The van der Waals surface area contributed by atoms with E-state index in [-0.39, 0.29) is 11.9 Å². The minimum Gasteiger partial charge on any atom is -0.340 e. The Morgan fingerprint density at radius 1 is 1.42 bits per heavy atom. The maximum absolute atomic E-state index is 12.3. The number of anilines is 1. The lowest BCUT2D eigenvalue weighted by atomic mass is 10.3. The van der Waals surface area contributed by atoms with E-state index in [1.54, 1.807) is 6.20 Å². The molecule has 0 fully saturated rings. The van der Waals surface area contributed by atoms with Crippen molar-refractivity contribution in [3.8, 4) is 0 Å². The summed E-state index contributed by atoms with van der Waals surface area (Å²) in [4.78, 5) is 16.4. The molecule has 0 aliphatic rings. The van der Waals surface area contributed by atoms with Crippen molar-refractivity contribution in [1.29, 1.82) is 0 Å². The van der Waals surface area contributed by atoms with Gasteiger partial charge in [-0.1, -0.05) is 0 Å². The molecule has 0 unspecified atom stereocenters. The Kier molecular flexibility index (Phi) is 4.04. The second-order valence-electron chi connectivity index (χ2n) is 4.69. The molecule has 0 saturated heterocycles. The van der Waals surface area contributed by atoms with Crippen molar-refractivity contribution in [3.05, 3.63) is 46.5 Å². The number of nitrogens with one attached hydrogen (secondary N) is 1. The van der Waals surface area contributed by atoms with E-state index in [1.165, 1.54) is 0 Å². The van der Waals surface area contributed by atoms with Gasteiger partial charge in [-0.2, -0.15) is 0 Å². The molecule has 2 aromatic rings. The number of hydrogen-bond acceptors (Lipinski definition) is 2. The summed E-state index contributed by atoms with van der Waals surface area (Å²) in [6.45, 7) is 5.99. The van der Waals surface area contributed by atoms with Crippen LogP contribution in [0.15, 0.2) is 35.1 Å². The van der Waals surface area contributed by atoms with Crippen molar-refractivity contribution in [2.45, 2.75) is 26.8 Å². The van der Waals surface area contributed by atoms with Crippen LogP contribution in [0.4, 0.5) is 5.69 Å². The van der Waals surface area contributed by atoms with Crippen LogP contribution in [0.5, 0.6) is 0 Å². The molecule has 0 aliphatic heterocycles. The number of carbonyl (C=O) groups is 1. The number of rotatable bonds is 3. The van der Waals surface area contributed by atoms with Gasteiger partial charge in [0.05, 0.1) is 11.9 Å². The molecule has 0 aliphatic carbocycles. The summed E-state index contributed by atoms with van der Waals surface area (Å²) in [6, 6.07) is 5.75. The molecule has 2 heterocycles. The smallest absolute Gasteiger partial charge is 0.272 e. The van der Waals surface area contributed by atoms with Crippen molar-refractivity contribution in [2.75, 3.05) is 5.32 Å². The zero-order chi connectivity index (χ0) is 14.0. The fraction of sp³-hybridized carbons (Fsp3) is 0.286. The highest BCUT2D eigenvalue weighted by Crippen LogP contribution is 2.20. The van der Waals surface area contributed by atoms with Crippen LogP contribution in [0.2, 0.25) is 0 Å². The molecule has 0 radical (unpaired) electrons. The third-order valence-corrected chi connectivity index (χ3v) is 3.21. The molecule has 1 amide bonds. The molecule has 19 heavy (non-hydrogen) atoms. The predicted molar refractivity (Wildman–Crippen MR) is 79.4 cm³/mol. The maximum atomic E-state index is 12.3. The fourth-order valence-electron chi connectivity index (χ4n) is 1.79. The van der Waals surface area contributed by atoms with Gasteiger partial charge in [0.15, 0.2) is 0 Å². The first-order valence-corrected chi connectivity index (χ1v) is 6.88. The first-order valence-electron chi connectivity index (χ1n) is 6.09. The highest BCUT2D eigenvalue weighted by Gasteiger charge is 2.15. The minimum atomic E-state index is -0.134. The number of amides is 1. The normalized spacial score (nSPS) is 10.8. The quantitative estimate of drug-likeness (QED) is 0.934. The molecule has 0 aromatic carbocycles. The van der Waals surface area contributed by atoms with Gasteiger partial charge in [0.25, 0.3) is 5.91 Å². The van der Waals surface area contributed by atoms with Gasteiger partial charge >= 0.3 is 0 Å². The van der Waals surface area contributed by atoms with Crippen LogP contribution in [0.25, 0.3) is 0 Å². The lowest BCUT2D eigenvalue weighted by Crippen LogP contribution is -2.17. The molecule has 5 heteroatoms. The average Bonchev–Trinajstić information content (AvgIpc) is 2.74. The minimum absolute atomic E-state index is 0.134. The lowest BCUT2D eigenvalue weighted by Gasteiger charge is -2.12. The molecule has 0 bridgehead atoms. The summed E-state index contributed by atoms with van der Waals surface area (Å²) >= 11 is 3.40. The van der Waals surface area contributed by atoms with Crippen LogP contribution in [0, 0.1) is 6.92 Å². The second-order valence-corrected chi connectivity index (χ2v) is 5.60. The van der Waals surface area contributed by atoms with E-state index in [9.17, 15) is 4.79 Å². The third-order valence-electron chi connectivity index (χ3n) is 2.77. The molecule has 2 rings (SSSR count). The molecule has 2 aromatic heterocycles. The highest BCUT2D eigenvalue weighted by atomic mass is 79.9. The largest absolute Gasteiger partial charge is 0.340 e. The van der Waals surface area contributed by atoms with Gasteiger partial charge in [0, 0.05) is 22.4 Å². The maximum Gasteiger partial charge on any atom is 0.272 e. The Morgan fingerprint density at radius 2 is 2.16 bits per heavy atom. The van der Waals surface area contributed by atoms with Crippen LogP contribution in [-0.4, -0.2) is 15.5 Å². The van der Waals surface area contributed by atoms with E-state index < -0.39 is 0 Å².